The highest BCUT2D eigenvalue weighted by Crippen LogP contribution is 2.16. The summed E-state index contributed by atoms with van der Waals surface area (Å²) in [5, 5.41) is 3.51. The second-order valence-corrected chi connectivity index (χ2v) is 2.54. The fourth-order valence-electron chi connectivity index (χ4n) is 1.06. The smallest absolute Gasteiger partial charge is 0.0380 e. The van der Waals surface area contributed by atoms with Crippen molar-refractivity contribution < 1.29 is 0 Å². The first kappa shape index (κ1) is 7.63. The van der Waals surface area contributed by atoms with E-state index in [0.717, 1.165) is 11.1 Å². The summed E-state index contributed by atoms with van der Waals surface area (Å²) in [6.07, 6.45) is 0. The SMILES string of the molecule is Cc1cc(C)cc(N=[N+]=[N-])c1. The Bertz CT molecular complexity index is 291. The Morgan fingerprint density at radius 3 is 2.18 bits per heavy atom. The topological polar surface area (TPSA) is 48.8 Å². The normalized spacial score (nSPS) is 8.91. The molecular formula is C8H9N3. The average molecular weight is 147 g/mol. The number of rotatable bonds is 1. The Labute approximate surface area is 65.3 Å². The van der Waals surface area contributed by atoms with Gasteiger partial charge in [-0.3, -0.25) is 0 Å². The Kier molecular flexibility index (Phi) is 2.14. The van der Waals surface area contributed by atoms with Crippen LogP contribution >= 0.6 is 0 Å². The Morgan fingerprint density at radius 2 is 1.73 bits per heavy atom. The number of benzene rings is 1. The van der Waals surface area contributed by atoms with Gasteiger partial charge in [-0.15, -0.1) is 0 Å². The molecule has 0 amide bonds. The van der Waals surface area contributed by atoms with Crippen molar-refractivity contribution in [2.75, 3.05) is 0 Å². The average Bonchev–Trinajstić information content (AvgIpc) is 1.85. The third kappa shape index (κ3) is 1.99. The highest BCUT2D eigenvalue weighted by atomic mass is 15.1. The molecule has 0 atom stereocenters. The number of azide groups is 1. The maximum absolute atomic E-state index is 8.16. The minimum atomic E-state index is 0.685. The van der Waals surface area contributed by atoms with Crippen molar-refractivity contribution in [3.8, 4) is 0 Å². The summed E-state index contributed by atoms with van der Waals surface area (Å²) >= 11 is 0. The zero-order valence-electron chi connectivity index (χ0n) is 6.57. The molecule has 11 heavy (non-hydrogen) atoms. The molecule has 0 saturated heterocycles. The van der Waals surface area contributed by atoms with Crippen molar-refractivity contribution in [1.82, 2.24) is 0 Å². The van der Waals surface area contributed by atoms with E-state index in [4.69, 9.17) is 5.53 Å². The van der Waals surface area contributed by atoms with Crippen LogP contribution < -0.4 is 0 Å². The molecule has 0 N–H and O–H groups in total. The molecule has 0 aliphatic carbocycles. The van der Waals surface area contributed by atoms with Gasteiger partial charge in [-0.25, -0.2) is 0 Å². The number of aryl methyl sites for hydroxylation is 2. The van der Waals surface area contributed by atoms with E-state index in [9.17, 15) is 0 Å². The van der Waals surface area contributed by atoms with Gasteiger partial charge in [-0.2, -0.15) is 0 Å². The van der Waals surface area contributed by atoms with E-state index in [-0.39, 0.29) is 0 Å². The van der Waals surface area contributed by atoms with E-state index in [0.29, 0.717) is 5.69 Å². The van der Waals surface area contributed by atoms with Gasteiger partial charge in [0.05, 0.1) is 0 Å². The van der Waals surface area contributed by atoms with Gasteiger partial charge in [-0.05, 0) is 31.5 Å². The summed E-state index contributed by atoms with van der Waals surface area (Å²) in [4.78, 5) is 2.71. The molecule has 0 aliphatic rings. The summed E-state index contributed by atoms with van der Waals surface area (Å²) in [7, 11) is 0. The zero-order chi connectivity index (χ0) is 8.27. The monoisotopic (exact) mass is 147 g/mol. The van der Waals surface area contributed by atoms with E-state index in [1.165, 1.54) is 0 Å². The minimum Gasteiger partial charge on any atom is -0.0608 e. The largest absolute Gasteiger partial charge is 0.0608 e. The molecular weight excluding hydrogens is 138 g/mol. The fourth-order valence-corrected chi connectivity index (χ4v) is 1.06. The van der Waals surface area contributed by atoms with E-state index in [1.54, 1.807) is 0 Å². The number of hydrogen-bond donors (Lipinski definition) is 0. The number of hydrogen-bond acceptors (Lipinski definition) is 1. The quantitative estimate of drug-likeness (QED) is 0.332. The van der Waals surface area contributed by atoms with Crippen molar-refractivity contribution >= 4 is 5.69 Å². The first-order chi connectivity index (χ1) is 5.22. The Hall–Kier alpha value is -1.47. The fraction of sp³-hybridized carbons (Fsp3) is 0.250. The Balaban J connectivity index is 3.18. The van der Waals surface area contributed by atoms with Gasteiger partial charge in [0.1, 0.15) is 0 Å². The maximum atomic E-state index is 8.16. The summed E-state index contributed by atoms with van der Waals surface area (Å²) in [6, 6.07) is 5.75. The molecule has 0 fully saturated rings. The highest BCUT2D eigenvalue weighted by Gasteiger charge is 1.90. The minimum absolute atomic E-state index is 0.685. The Morgan fingerprint density at radius 1 is 1.18 bits per heavy atom. The summed E-state index contributed by atoms with van der Waals surface area (Å²) in [5.74, 6) is 0. The van der Waals surface area contributed by atoms with Crippen molar-refractivity contribution in [2.45, 2.75) is 13.8 Å². The van der Waals surface area contributed by atoms with Gasteiger partial charge in [0.25, 0.3) is 0 Å². The number of nitrogens with zero attached hydrogens (tertiary/aromatic N) is 3. The van der Waals surface area contributed by atoms with Gasteiger partial charge in [0, 0.05) is 10.6 Å². The second kappa shape index (κ2) is 3.08. The van der Waals surface area contributed by atoms with Crippen molar-refractivity contribution in [3.05, 3.63) is 39.8 Å². The van der Waals surface area contributed by atoms with Crippen molar-refractivity contribution in [1.29, 1.82) is 0 Å². The molecule has 3 nitrogen and oxygen atoms in total. The molecule has 1 aromatic rings. The van der Waals surface area contributed by atoms with E-state index < -0.39 is 0 Å². The van der Waals surface area contributed by atoms with E-state index in [1.807, 2.05) is 32.0 Å². The lowest BCUT2D eigenvalue weighted by Crippen LogP contribution is -1.74. The molecule has 0 radical (unpaired) electrons. The van der Waals surface area contributed by atoms with E-state index >= 15 is 0 Å². The van der Waals surface area contributed by atoms with Crippen LogP contribution in [-0.2, 0) is 0 Å². The molecule has 0 unspecified atom stereocenters. The third-order valence-electron chi connectivity index (χ3n) is 1.37. The predicted octanol–water partition coefficient (Wildman–Crippen LogP) is 3.25. The van der Waals surface area contributed by atoms with Gasteiger partial charge < -0.3 is 0 Å². The van der Waals surface area contributed by atoms with Gasteiger partial charge in [0.15, 0.2) is 0 Å². The maximum Gasteiger partial charge on any atom is 0.0380 e. The molecule has 0 spiro atoms. The standard InChI is InChI=1S/C8H9N3/c1-6-3-7(2)5-8(4-6)10-11-9/h3-5H,1-2H3. The predicted molar refractivity (Wildman–Crippen MR) is 44.7 cm³/mol. The molecule has 0 aromatic heterocycles. The highest BCUT2D eigenvalue weighted by molar-refractivity contribution is 5.43. The first-order valence-corrected chi connectivity index (χ1v) is 3.36. The summed E-state index contributed by atoms with van der Waals surface area (Å²) < 4.78 is 0. The first-order valence-electron chi connectivity index (χ1n) is 3.36. The zero-order valence-corrected chi connectivity index (χ0v) is 6.57. The molecule has 0 saturated carbocycles. The van der Waals surface area contributed by atoms with Crippen LogP contribution in [0.25, 0.3) is 10.4 Å². The molecule has 0 aliphatic heterocycles. The van der Waals surface area contributed by atoms with Crippen LogP contribution in [0.3, 0.4) is 0 Å². The molecule has 56 valence electrons. The van der Waals surface area contributed by atoms with Crippen LogP contribution in [0.5, 0.6) is 0 Å². The van der Waals surface area contributed by atoms with Crippen LogP contribution in [0.4, 0.5) is 5.69 Å². The summed E-state index contributed by atoms with van der Waals surface area (Å²) in [6.45, 7) is 3.95. The molecule has 3 heteroatoms. The van der Waals surface area contributed by atoms with Crippen LogP contribution in [-0.4, -0.2) is 0 Å². The van der Waals surface area contributed by atoms with E-state index in [2.05, 4.69) is 10.0 Å². The molecule has 1 aromatic carbocycles. The lowest BCUT2D eigenvalue weighted by Gasteiger charge is -1.96. The van der Waals surface area contributed by atoms with Crippen LogP contribution in [0.15, 0.2) is 23.3 Å². The van der Waals surface area contributed by atoms with Crippen LogP contribution in [0.1, 0.15) is 11.1 Å². The lowest BCUT2D eigenvalue weighted by atomic mass is 10.1. The van der Waals surface area contributed by atoms with Crippen molar-refractivity contribution in [2.24, 2.45) is 5.11 Å². The van der Waals surface area contributed by atoms with Crippen LogP contribution in [0.2, 0.25) is 0 Å². The lowest BCUT2D eigenvalue weighted by molar-refractivity contribution is 1.35. The van der Waals surface area contributed by atoms with Crippen LogP contribution in [0, 0.1) is 13.8 Å². The molecule has 0 bridgehead atoms. The summed E-state index contributed by atoms with van der Waals surface area (Å²) in [5.41, 5.74) is 11.1. The molecule has 1 rings (SSSR count). The van der Waals surface area contributed by atoms with Gasteiger partial charge in [0.2, 0.25) is 0 Å². The van der Waals surface area contributed by atoms with Crippen molar-refractivity contribution in [3.63, 3.8) is 0 Å². The second-order valence-electron chi connectivity index (χ2n) is 2.54. The third-order valence-corrected chi connectivity index (χ3v) is 1.37. The van der Waals surface area contributed by atoms with Gasteiger partial charge >= 0.3 is 0 Å². The van der Waals surface area contributed by atoms with Gasteiger partial charge in [-0.1, -0.05) is 22.3 Å². The molecule has 0 heterocycles.